The van der Waals surface area contributed by atoms with E-state index in [1.807, 2.05) is 36.7 Å². The lowest BCUT2D eigenvalue weighted by molar-refractivity contribution is 0.726. The van der Waals surface area contributed by atoms with Gasteiger partial charge in [-0.25, -0.2) is 9.67 Å². The van der Waals surface area contributed by atoms with Gasteiger partial charge in [0.05, 0.1) is 11.4 Å². The summed E-state index contributed by atoms with van der Waals surface area (Å²) < 4.78 is 1.85. The van der Waals surface area contributed by atoms with Gasteiger partial charge in [0.15, 0.2) is 0 Å². The van der Waals surface area contributed by atoms with Crippen LogP contribution in [0.3, 0.4) is 0 Å². The molecule has 0 spiro atoms. The van der Waals surface area contributed by atoms with Crippen LogP contribution in [0.5, 0.6) is 0 Å². The monoisotopic (exact) mass is 347 g/mol. The fourth-order valence-electron chi connectivity index (χ4n) is 3.57. The van der Waals surface area contributed by atoms with Crippen molar-refractivity contribution in [3.05, 3.63) is 53.9 Å². The summed E-state index contributed by atoms with van der Waals surface area (Å²) in [7, 11) is 0. The molecule has 5 nitrogen and oxygen atoms in total. The van der Waals surface area contributed by atoms with Crippen LogP contribution in [0.25, 0.3) is 17.2 Å². The van der Waals surface area contributed by atoms with E-state index in [1.54, 1.807) is 0 Å². The maximum Gasteiger partial charge on any atom is 0.253 e. The van der Waals surface area contributed by atoms with E-state index in [1.165, 1.54) is 25.7 Å². The Bertz CT molecular complexity index is 877. The standard InChI is InChI=1S/C21H25N5/c1-16-14-17(2)26(24-16)21-22-19(18-10-6-5-7-11-18)15-20(23-21)25-12-8-3-4-9-13-25/h5-7,10-11,14-15H,3-4,8-9,12-13H2,1-2H3. The molecule has 5 heteroatoms. The van der Waals surface area contributed by atoms with E-state index < -0.39 is 0 Å². The van der Waals surface area contributed by atoms with Gasteiger partial charge in [0, 0.05) is 30.4 Å². The maximum atomic E-state index is 4.88. The van der Waals surface area contributed by atoms with Gasteiger partial charge in [-0.1, -0.05) is 43.2 Å². The van der Waals surface area contributed by atoms with Gasteiger partial charge in [0.25, 0.3) is 5.95 Å². The van der Waals surface area contributed by atoms with Crippen LogP contribution < -0.4 is 4.90 Å². The molecule has 4 rings (SSSR count). The first-order valence-electron chi connectivity index (χ1n) is 9.44. The number of aryl methyl sites for hydroxylation is 2. The lowest BCUT2D eigenvalue weighted by Crippen LogP contribution is -2.25. The molecule has 1 aromatic carbocycles. The summed E-state index contributed by atoms with van der Waals surface area (Å²) in [5, 5.41) is 4.59. The first-order chi connectivity index (χ1) is 12.7. The number of anilines is 1. The summed E-state index contributed by atoms with van der Waals surface area (Å²) in [5.41, 5.74) is 4.08. The van der Waals surface area contributed by atoms with E-state index in [0.717, 1.165) is 41.6 Å². The molecule has 0 aliphatic carbocycles. The zero-order valence-electron chi connectivity index (χ0n) is 15.5. The van der Waals surface area contributed by atoms with Gasteiger partial charge in [-0.2, -0.15) is 10.1 Å². The number of hydrogen-bond donors (Lipinski definition) is 0. The minimum Gasteiger partial charge on any atom is -0.356 e. The summed E-state index contributed by atoms with van der Waals surface area (Å²) in [6.45, 7) is 6.16. The van der Waals surface area contributed by atoms with Crippen molar-refractivity contribution in [1.82, 2.24) is 19.7 Å². The van der Waals surface area contributed by atoms with Gasteiger partial charge >= 0.3 is 0 Å². The Kier molecular flexibility index (Phi) is 4.69. The molecule has 0 amide bonds. The van der Waals surface area contributed by atoms with Gasteiger partial charge in [0.1, 0.15) is 5.82 Å². The van der Waals surface area contributed by atoms with Crippen LogP contribution in [-0.4, -0.2) is 32.8 Å². The third-order valence-corrected chi connectivity index (χ3v) is 4.90. The fourth-order valence-corrected chi connectivity index (χ4v) is 3.57. The van der Waals surface area contributed by atoms with Gasteiger partial charge in [-0.05, 0) is 32.8 Å². The molecule has 0 N–H and O–H groups in total. The predicted octanol–water partition coefficient (Wildman–Crippen LogP) is 4.33. The Hall–Kier alpha value is -2.69. The van der Waals surface area contributed by atoms with Crippen molar-refractivity contribution < 1.29 is 0 Å². The van der Waals surface area contributed by atoms with E-state index in [2.05, 4.69) is 34.3 Å². The molecule has 0 bridgehead atoms. The molecule has 0 atom stereocenters. The molecule has 0 saturated carbocycles. The van der Waals surface area contributed by atoms with Gasteiger partial charge in [-0.3, -0.25) is 0 Å². The van der Waals surface area contributed by atoms with Crippen molar-refractivity contribution in [3.63, 3.8) is 0 Å². The average molecular weight is 347 g/mol. The molecule has 134 valence electrons. The van der Waals surface area contributed by atoms with Gasteiger partial charge in [0.2, 0.25) is 0 Å². The molecule has 1 aliphatic heterocycles. The molecule has 0 unspecified atom stereocenters. The topological polar surface area (TPSA) is 46.8 Å². The lowest BCUT2D eigenvalue weighted by Gasteiger charge is -2.22. The van der Waals surface area contributed by atoms with E-state index >= 15 is 0 Å². The van der Waals surface area contributed by atoms with Crippen LogP contribution in [0.15, 0.2) is 42.5 Å². The fraction of sp³-hybridized carbons (Fsp3) is 0.381. The van der Waals surface area contributed by atoms with Crippen molar-refractivity contribution in [2.24, 2.45) is 0 Å². The first-order valence-corrected chi connectivity index (χ1v) is 9.44. The normalized spacial score (nSPS) is 15.1. The molecule has 3 aromatic rings. The van der Waals surface area contributed by atoms with Crippen molar-refractivity contribution in [3.8, 4) is 17.2 Å². The zero-order chi connectivity index (χ0) is 17.9. The number of benzene rings is 1. The van der Waals surface area contributed by atoms with E-state index in [9.17, 15) is 0 Å². The van der Waals surface area contributed by atoms with Crippen molar-refractivity contribution in [1.29, 1.82) is 0 Å². The van der Waals surface area contributed by atoms with Crippen LogP contribution in [0, 0.1) is 13.8 Å². The highest BCUT2D eigenvalue weighted by Crippen LogP contribution is 2.25. The van der Waals surface area contributed by atoms with Crippen LogP contribution >= 0.6 is 0 Å². The lowest BCUT2D eigenvalue weighted by atomic mass is 10.1. The van der Waals surface area contributed by atoms with Gasteiger partial charge in [-0.15, -0.1) is 0 Å². The van der Waals surface area contributed by atoms with Crippen molar-refractivity contribution in [2.75, 3.05) is 18.0 Å². The number of hydrogen-bond acceptors (Lipinski definition) is 4. The third-order valence-electron chi connectivity index (χ3n) is 4.90. The average Bonchev–Trinajstić information content (AvgIpc) is 2.87. The molecule has 26 heavy (non-hydrogen) atoms. The molecule has 2 aromatic heterocycles. The molecule has 1 aliphatic rings. The Labute approximate surface area is 154 Å². The highest BCUT2D eigenvalue weighted by atomic mass is 15.4. The summed E-state index contributed by atoms with van der Waals surface area (Å²) in [6, 6.07) is 14.5. The van der Waals surface area contributed by atoms with Crippen LogP contribution in [0.1, 0.15) is 37.1 Å². The largest absolute Gasteiger partial charge is 0.356 e. The zero-order valence-corrected chi connectivity index (χ0v) is 15.5. The second-order valence-corrected chi connectivity index (χ2v) is 7.02. The molecule has 1 fully saturated rings. The Morgan fingerprint density at radius 1 is 0.846 bits per heavy atom. The molecular weight excluding hydrogens is 322 g/mol. The molecule has 0 radical (unpaired) electrons. The van der Waals surface area contributed by atoms with Crippen LogP contribution in [-0.2, 0) is 0 Å². The van der Waals surface area contributed by atoms with E-state index in [0.29, 0.717) is 5.95 Å². The number of nitrogens with zero attached hydrogens (tertiary/aromatic N) is 5. The van der Waals surface area contributed by atoms with E-state index in [-0.39, 0.29) is 0 Å². The van der Waals surface area contributed by atoms with Gasteiger partial charge < -0.3 is 4.90 Å². The van der Waals surface area contributed by atoms with Crippen molar-refractivity contribution >= 4 is 5.82 Å². The Morgan fingerprint density at radius 3 is 2.23 bits per heavy atom. The second-order valence-electron chi connectivity index (χ2n) is 7.02. The number of aromatic nitrogens is 4. The summed E-state index contributed by atoms with van der Waals surface area (Å²) in [4.78, 5) is 12.1. The summed E-state index contributed by atoms with van der Waals surface area (Å²) in [6.07, 6.45) is 5.05. The Morgan fingerprint density at radius 2 is 1.58 bits per heavy atom. The smallest absolute Gasteiger partial charge is 0.253 e. The predicted molar refractivity (Wildman–Crippen MR) is 105 cm³/mol. The first kappa shape index (κ1) is 16.8. The Balaban J connectivity index is 1.83. The highest BCUT2D eigenvalue weighted by molar-refractivity contribution is 5.63. The van der Waals surface area contributed by atoms with Crippen molar-refractivity contribution in [2.45, 2.75) is 39.5 Å². The van der Waals surface area contributed by atoms with Crippen LogP contribution in [0.2, 0.25) is 0 Å². The SMILES string of the molecule is Cc1cc(C)n(-c2nc(-c3ccccc3)cc(N3CCCCCC3)n2)n1. The third kappa shape index (κ3) is 3.47. The maximum absolute atomic E-state index is 4.88. The second kappa shape index (κ2) is 7.28. The summed E-state index contributed by atoms with van der Waals surface area (Å²) >= 11 is 0. The highest BCUT2D eigenvalue weighted by Gasteiger charge is 2.16. The van der Waals surface area contributed by atoms with E-state index in [4.69, 9.17) is 9.97 Å². The minimum atomic E-state index is 0.649. The quantitative estimate of drug-likeness (QED) is 0.708. The molecule has 1 saturated heterocycles. The van der Waals surface area contributed by atoms with Crippen LogP contribution in [0.4, 0.5) is 5.82 Å². The minimum absolute atomic E-state index is 0.649. The number of rotatable bonds is 3. The molecule has 3 heterocycles. The molecular formula is C21H25N5. The summed E-state index contributed by atoms with van der Waals surface area (Å²) in [5.74, 6) is 1.65.